The molecule has 5 nitrogen and oxygen atoms in total. The number of carbonyl (C=O) groups is 2. The van der Waals surface area contributed by atoms with Crippen molar-refractivity contribution in [2.75, 3.05) is 0 Å². The van der Waals surface area contributed by atoms with E-state index in [1.807, 2.05) is 0 Å². The number of furan rings is 1. The van der Waals surface area contributed by atoms with Gasteiger partial charge in [-0.3, -0.25) is 9.59 Å². The quantitative estimate of drug-likeness (QED) is 0.416. The molecule has 1 aliphatic heterocycles. The van der Waals surface area contributed by atoms with Crippen LogP contribution in [0.15, 0.2) is 58.1 Å². The number of nitrogens with zero attached hydrogens (tertiary/aromatic N) is 2. The average molecular weight is 426 g/mol. The molecule has 3 fully saturated rings. The highest BCUT2D eigenvalue weighted by molar-refractivity contribution is 6.06. The molecule has 8 heteroatoms. The first kappa shape index (κ1) is 18.6. The molecule has 2 heterocycles. The summed E-state index contributed by atoms with van der Waals surface area (Å²) in [6, 6.07) is 7.89. The van der Waals surface area contributed by atoms with E-state index in [1.165, 1.54) is 30.5 Å². The number of hydrogen-bond acceptors (Lipinski definition) is 4. The second-order valence-electron chi connectivity index (χ2n) is 8.67. The molecule has 2 saturated carbocycles. The summed E-state index contributed by atoms with van der Waals surface area (Å²) in [4.78, 5) is 25.8. The van der Waals surface area contributed by atoms with Crippen molar-refractivity contribution in [2.24, 2.45) is 40.6 Å². The Morgan fingerprint density at radius 2 is 1.68 bits per heavy atom. The first-order valence-electron chi connectivity index (χ1n) is 10.2. The van der Waals surface area contributed by atoms with Crippen molar-refractivity contribution in [3.8, 4) is 11.3 Å². The number of hydrazone groups is 1. The molecular formula is C23H17F3N2O3. The third-order valence-corrected chi connectivity index (χ3v) is 7.04. The van der Waals surface area contributed by atoms with Gasteiger partial charge in [-0.1, -0.05) is 24.3 Å². The number of imide groups is 1. The monoisotopic (exact) mass is 426 g/mol. The van der Waals surface area contributed by atoms with Crippen molar-refractivity contribution in [1.29, 1.82) is 0 Å². The normalized spacial score (nSPS) is 33.3. The number of carbonyl (C=O) groups excluding carboxylic acids is 2. The van der Waals surface area contributed by atoms with Gasteiger partial charge in [0.05, 0.1) is 23.6 Å². The first-order valence-corrected chi connectivity index (χ1v) is 10.2. The van der Waals surface area contributed by atoms with Crippen LogP contribution < -0.4 is 0 Å². The van der Waals surface area contributed by atoms with E-state index in [0.717, 1.165) is 23.6 Å². The summed E-state index contributed by atoms with van der Waals surface area (Å²) in [7, 11) is 0. The van der Waals surface area contributed by atoms with Crippen molar-refractivity contribution in [1.82, 2.24) is 5.01 Å². The Labute approximate surface area is 175 Å². The topological polar surface area (TPSA) is 62.9 Å². The van der Waals surface area contributed by atoms with Crippen LogP contribution in [-0.4, -0.2) is 23.0 Å². The Bertz CT molecular complexity index is 1130. The molecule has 1 saturated heterocycles. The molecule has 0 unspecified atom stereocenters. The number of halogens is 3. The molecule has 31 heavy (non-hydrogen) atoms. The Morgan fingerprint density at radius 3 is 2.32 bits per heavy atom. The van der Waals surface area contributed by atoms with Crippen molar-refractivity contribution >= 4 is 18.0 Å². The number of benzene rings is 1. The summed E-state index contributed by atoms with van der Waals surface area (Å²) in [5.74, 6) is 0.520. The lowest BCUT2D eigenvalue weighted by Crippen LogP contribution is -2.40. The van der Waals surface area contributed by atoms with Gasteiger partial charge >= 0.3 is 6.18 Å². The van der Waals surface area contributed by atoms with E-state index < -0.39 is 11.7 Å². The predicted molar refractivity (Wildman–Crippen MR) is 103 cm³/mol. The molecule has 158 valence electrons. The van der Waals surface area contributed by atoms with Gasteiger partial charge in [0, 0.05) is 5.56 Å². The Morgan fingerprint density at radius 1 is 1.00 bits per heavy atom. The summed E-state index contributed by atoms with van der Waals surface area (Å²) in [6.45, 7) is 0. The lowest BCUT2D eigenvalue weighted by atomic mass is 9.63. The van der Waals surface area contributed by atoms with Gasteiger partial charge in [-0.05, 0) is 54.4 Å². The summed E-state index contributed by atoms with van der Waals surface area (Å²) >= 11 is 0. The maximum atomic E-state index is 12.9. The summed E-state index contributed by atoms with van der Waals surface area (Å²) in [5, 5.41) is 5.03. The van der Waals surface area contributed by atoms with Crippen LogP contribution >= 0.6 is 0 Å². The van der Waals surface area contributed by atoms with E-state index in [0.29, 0.717) is 11.8 Å². The van der Waals surface area contributed by atoms with Gasteiger partial charge in [-0.25, -0.2) is 0 Å². The van der Waals surface area contributed by atoms with Crippen molar-refractivity contribution in [2.45, 2.75) is 12.6 Å². The van der Waals surface area contributed by atoms with Gasteiger partial charge in [0.25, 0.3) is 11.8 Å². The van der Waals surface area contributed by atoms with Gasteiger partial charge in [0.15, 0.2) is 0 Å². The minimum Gasteiger partial charge on any atom is -0.455 e. The lowest BCUT2D eigenvalue weighted by Gasteiger charge is -2.37. The molecule has 0 N–H and O–H groups in total. The molecule has 0 radical (unpaired) electrons. The maximum Gasteiger partial charge on any atom is 0.416 e. The number of allylic oxidation sites excluding steroid dienone is 2. The van der Waals surface area contributed by atoms with Crippen LogP contribution in [0.1, 0.15) is 17.7 Å². The summed E-state index contributed by atoms with van der Waals surface area (Å²) < 4.78 is 44.4. The van der Waals surface area contributed by atoms with Crippen molar-refractivity contribution < 1.29 is 27.2 Å². The zero-order chi connectivity index (χ0) is 21.5. The zero-order valence-electron chi connectivity index (χ0n) is 16.1. The molecule has 1 aromatic carbocycles. The van der Waals surface area contributed by atoms with Gasteiger partial charge in [-0.2, -0.15) is 23.3 Å². The van der Waals surface area contributed by atoms with Crippen LogP contribution in [0, 0.1) is 35.5 Å². The maximum absolute atomic E-state index is 12.9. The van der Waals surface area contributed by atoms with E-state index in [1.54, 1.807) is 0 Å². The Hall–Kier alpha value is -3.16. The van der Waals surface area contributed by atoms with Gasteiger partial charge in [0.1, 0.15) is 11.5 Å². The van der Waals surface area contributed by atoms with Crippen LogP contribution in [0.2, 0.25) is 0 Å². The fourth-order valence-electron chi connectivity index (χ4n) is 5.60. The molecule has 4 aliphatic carbocycles. The molecule has 2 aromatic rings. The third-order valence-electron chi connectivity index (χ3n) is 7.04. The minimum absolute atomic E-state index is 0.118. The third kappa shape index (κ3) is 2.73. The molecule has 0 spiro atoms. The number of hydrogen-bond donors (Lipinski definition) is 0. The van der Waals surface area contributed by atoms with Crippen LogP contribution in [0.4, 0.5) is 13.2 Å². The fraction of sp³-hybridized carbons (Fsp3) is 0.348. The van der Waals surface area contributed by atoms with E-state index in [4.69, 9.17) is 4.42 Å². The summed E-state index contributed by atoms with van der Waals surface area (Å²) in [6.07, 6.45) is 2.08. The zero-order valence-corrected chi connectivity index (χ0v) is 16.1. The number of rotatable bonds is 3. The van der Waals surface area contributed by atoms with E-state index >= 15 is 0 Å². The van der Waals surface area contributed by atoms with E-state index in [2.05, 4.69) is 17.3 Å². The number of alkyl halides is 3. The van der Waals surface area contributed by atoms with Crippen LogP contribution in [0.3, 0.4) is 0 Å². The highest BCUT2D eigenvalue weighted by Crippen LogP contribution is 2.65. The fourth-order valence-corrected chi connectivity index (χ4v) is 5.60. The predicted octanol–water partition coefficient (Wildman–Crippen LogP) is 4.35. The van der Waals surface area contributed by atoms with Crippen molar-refractivity contribution in [3.05, 3.63) is 59.9 Å². The van der Waals surface area contributed by atoms with Gasteiger partial charge in [0.2, 0.25) is 0 Å². The average Bonchev–Trinajstić information content (AvgIpc) is 3.38. The van der Waals surface area contributed by atoms with E-state index in [9.17, 15) is 22.8 Å². The SMILES string of the molecule is O=C1[C@@H]2[C@H]3C=C[C@H]([C@H]4C[C@@H]34)[C@@H]2C(=O)N1/N=C\c1ccc(-c2cccc(C(F)(F)F)c2)o1. The van der Waals surface area contributed by atoms with Crippen LogP contribution in [-0.2, 0) is 15.8 Å². The minimum atomic E-state index is -4.45. The summed E-state index contributed by atoms with van der Waals surface area (Å²) in [5.41, 5.74) is -0.496. The molecule has 5 aliphatic rings. The van der Waals surface area contributed by atoms with E-state index in [-0.39, 0.29) is 52.6 Å². The smallest absolute Gasteiger partial charge is 0.416 e. The Kier molecular flexibility index (Phi) is 3.71. The molecular weight excluding hydrogens is 409 g/mol. The lowest BCUT2D eigenvalue weighted by molar-refractivity contribution is -0.140. The van der Waals surface area contributed by atoms with Crippen molar-refractivity contribution in [3.63, 3.8) is 0 Å². The largest absolute Gasteiger partial charge is 0.455 e. The highest BCUT2D eigenvalue weighted by atomic mass is 19.4. The van der Waals surface area contributed by atoms with Crippen LogP contribution in [0.5, 0.6) is 0 Å². The highest BCUT2D eigenvalue weighted by Gasteiger charge is 2.67. The molecule has 1 aromatic heterocycles. The molecule has 7 rings (SSSR count). The Balaban J connectivity index is 1.23. The second kappa shape index (κ2) is 6.18. The second-order valence-corrected chi connectivity index (χ2v) is 8.67. The standard InChI is InChI=1S/C23H17F3N2O3/c24-23(25,26)12-3-1-2-11(8-12)18-7-4-13(31-18)10-27-28-21(29)19-14-5-6-15(17-9-16(14)17)20(19)22(28)30/h1-8,10,14-17,19-20H,9H2/b27-10-/t14-,15+,16-,17+,19+,20-. The number of amides is 2. The molecule has 2 amide bonds. The molecule has 2 bridgehead atoms. The van der Waals surface area contributed by atoms with Gasteiger partial charge < -0.3 is 4.42 Å². The van der Waals surface area contributed by atoms with Gasteiger partial charge in [-0.15, -0.1) is 0 Å². The van der Waals surface area contributed by atoms with Crippen LogP contribution in [0.25, 0.3) is 11.3 Å². The molecule has 6 atom stereocenters. The first-order chi connectivity index (χ1) is 14.8.